The molecule has 0 spiro atoms. The molecule has 0 radical (unpaired) electrons. The molecule has 0 aliphatic carbocycles. The van der Waals surface area contributed by atoms with E-state index < -0.39 is 0 Å². The zero-order valence-corrected chi connectivity index (χ0v) is 17.4. The number of benzene rings is 2. The molecule has 2 N–H and O–H groups in total. The summed E-state index contributed by atoms with van der Waals surface area (Å²) in [5.41, 5.74) is 2.83. The van der Waals surface area contributed by atoms with Gasteiger partial charge in [0, 0.05) is 37.7 Å². The first kappa shape index (κ1) is 20.2. The predicted octanol–water partition coefficient (Wildman–Crippen LogP) is 3.63. The third-order valence-corrected chi connectivity index (χ3v) is 4.90. The monoisotopic (exact) mass is 413 g/mol. The average molecular weight is 413 g/mol. The van der Waals surface area contributed by atoms with E-state index >= 15 is 0 Å². The highest BCUT2D eigenvalue weighted by molar-refractivity contribution is 5.94. The molecule has 0 bridgehead atoms. The van der Waals surface area contributed by atoms with E-state index in [1.54, 1.807) is 32.6 Å². The fourth-order valence-electron chi connectivity index (χ4n) is 3.33. The minimum absolute atomic E-state index is 0.0795. The molecule has 1 amide bonds. The maximum atomic E-state index is 13.0. The first-order valence-electron chi connectivity index (χ1n) is 9.90. The van der Waals surface area contributed by atoms with E-state index in [2.05, 4.69) is 15.6 Å². The van der Waals surface area contributed by atoms with Crippen LogP contribution in [0, 0.1) is 0 Å². The van der Waals surface area contributed by atoms with Crippen molar-refractivity contribution in [1.29, 1.82) is 0 Å². The molecule has 7 heteroatoms. The normalized spacial score (nSPS) is 10.6. The second-order valence-electron chi connectivity index (χ2n) is 7.28. The topological polar surface area (TPSA) is 79.3 Å². The number of carbonyl (C=O) groups is 1. The second kappa shape index (κ2) is 8.71. The number of nitrogens with zero attached hydrogens (tertiary/aromatic N) is 3. The van der Waals surface area contributed by atoms with Crippen molar-refractivity contribution >= 4 is 34.0 Å². The first-order chi connectivity index (χ1) is 15.0. The lowest BCUT2D eigenvalue weighted by molar-refractivity contribution is -0.126. The van der Waals surface area contributed by atoms with E-state index in [0.717, 1.165) is 11.4 Å². The van der Waals surface area contributed by atoms with Crippen LogP contribution in [-0.4, -0.2) is 41.0 Å². The number of amides is 1. The summed E-state index contributed by atoms with van der Waals surface area (Å²) in [5.74, 6) is 0.535. The third-order valence-electron chi connectivity index (χ3n) is 4.90. The lowest BCUT2D eigenvalue weighted by Gasteiger charge is -2.21. The highest BCUT2D eigenvalue weighted by Gasteiger charge is 2.16. The number of para-hydroxylation sites is 2. The van der Waals surface area contributed by atoms with E-state index in [9.17, 15) is 9.59 Å². The summed E-state index contributed by atoms with van der Waals surface area (Å²) in [4.78, 5) is 30.9. The van der Waals surface area contributed by atoms with Crippen LogP contribution in [0.25, 0.3) is 16.6 Å². The molecule has 2 aromatic carbocycles. The van der Waals surface area contributed by atoms with Crippen molar-refractivity contribution in [3.05, 3.63) is 89.3 Å². The number of likely N-dealkylation sites (N-methyl/N-ethyl adjacent to an activating group) is 1. The highest BCUT2D eigenvalue weighted by atomic mass is 16.2. The number of rotatable bonds is 6. The number of hydrogen-bond acceptors (Lipinski definition) is 5. The van der Waals surface area contributed by atoms with Crippen molar-refractivity contribution in [2.45, 2.75) is 0 Å². The summed E-state index contributed by atoms with van der Waals surface area (Å²) in [6.07, 6.45) is 3.19. The van der Waals surface area contributed by atoms with Crippen molar-refractivity contribution in [1.82, 2.24) is 14.5 Å². The fourth-order valence-corrected chi connectivity index (χ4v) is 3.33. The Morgan fingerprint density at radius 1 is 1.00 bits per heavy atom. The van der Waals surface area contributed by atoms with Gasteiger partial charge in [-0.2, -0.15) is 0 Å². The molecule has 4 rings (SSSR count). The van der Waals surface area contributed by atoms with Gasteiger partial charge in [0.15, 0.2) is 5.43 Å². The first-order valence-corrected chi connectivity index (χ1v) is 9.90. The molecule has 0 saturated heterocycles. The maximum Gasteiger partial charge on any atom is 0.241 e. The Morgan fingerprint density at radius 2 is 1.68 bits per heavy atom. The number of fused-ring (bicyclic) bond motifs is 1. The Labute approximate surface area is 180 Å². The van der Waals surface area contributed by atoms with Gasteiger partial charge in [0.2, 0.25) is 5.91 Å². The molecule has 2 aromatic heterocycles. The van der Waals surface area contributed by atoms with Gasteiger partial charge in [-0.05, 0) is 24.3 Å². The summed E-state index contributed by atoms with van der Waals surface area (Å²) < 4.78 is 1.97. The molecule has 156 valence electrons. The zero-order chi connectivity index (χ0) is 21.8. The lowest BCUT2D eigenvalue weighted by atomic mass is 10.2. The van der Waals surface area contributed by atoms with Crippen molar-refractivity contribution in [3.63, 3.8) is 0 Å². The third kappa shape index (κ3) is 4.25. The van der Waals surface area contributed by atoms with Crippen molar-refractivity contribution in [2.75, 3.05) is 31.3 Å². The SMILES string of the molecule is CN(C)C(=O)CNc1cncc2c(=O)cc(Nc3ccccc3)n(-c3ccccc3)c12. The molecule has 0 fully saturated rings. The van der Waals surface area contributed by atoms with Gasteiger partial charge in [0.1, 0.15) is 5.82 Å². The molecule has 0 atom stereocenters. The Bertz CT molecular complexity index is 1270. The number of aromatic nitrogens is 2. The number of carbonyl (C=O) groups excluding carboxylic acids is 1. The highest BCUT2D eigenvalue weighted by Crippen LogP contribution is 2.29. The van der Waals surface area contributed by atoms with Gasteiger partial charge in [0.25, 0.3) is 0 Å². The minimum atomic E-state index is -0.157. The smallest absolute Gasteiger partial charge is 0.241 e. The number of hydrogen-bond donors (Lipinski definition) is 2. The van der Waals surface area contributed by atoms with Crippen LogP contribution in [0.15, 0.2) is 83.9 Å². The molecule has 0 aliphatic rings. The van der Waals surface area contributed by atoms with E-state index in [0.29, 0.717) is 22.4 Å². The minimum Gasteiger partial charge on any atom is -0.373 e. The summed E-state index contributed by atoms with van der Waals surface area (Å²) in [6, 6.07) is 21.0. The molecule has 31 heavy (non-hydrogen) atoms. The number of anilines is 3. The molecular weight excluding hydrogens is 390 g/mol. The van der Waals surface area contributed by atoms with E-state index in [1.165, 1.54) is 4.90 Å². The zero-order valence-electron chi connectivity index (χ0n) is 17.4. The van der Waals surface area contributed by atoms with E-state index in [1.807, 2.05) is 65.2 Å². The Balaban J connectivity index is 1.94. The van der Waals surface area contributed by atoms with Crippen LogP contribution in [0.1, 0.15) is 0 Å². The Morgan fingerprint density at radius 3 is 2.35 bits per heavy atom. The van der Waals surface area contributed by atoms with Crippen molar-refractivity contribution in [3.8, 4) is 5.69 Å². The quantitative estimate of drug-likeness (QED) is 0.505. The number of nitrogens with one attached hydrogen (secondary N) is 2. The van der Waals surface area contributed by atoms with Crippen LogP contribution < -0.4 is 16.1 Å². The molecule has 0 unspecified atom stereocenters. The van der Waals surface area contributed by atoms with Gasteiger partial charge in [-0.15, -0.1) is 0 Å². The van der Waals surface area contributed by atoms with Crippen LogP contribution in [-0.2, 0) is 4.79 Å². The molecule has 0 aliphatic heterocycles. The maximum absolute atomic E-state index is 13.0. The second-order valence-corrected chi connectivity index (χ2v) is 7.28. The van der Waals surface area contributed by atoms with Crippen LogP contribution in [0.5, 0.6) is 0 Å². The number of pyridine rings is 2. The summed E-state index contributed by atoms with van der Waals surface area (Å²) in [7, 11) is 3.40. The lowest BCUT2D eigenvalue weighted by Crippen LogP contribution is -2.29. The largest absolute Gasteiger partial charge is 0.373 e. The van der Waals surface area contributed by atoms with Crippen molar-refractivity contribution in [2.24, 2.45) is 0 Å². The summed E-state index contributed by atoms with van der Waals surface area (Å²) in [6.45, 7) is 0.0904. The molecule has 4 aromatic rings. The fraction of sp³-hybridized carbons (Fsp3) is 0.125. The van der Waals surface area contributed by atoms with Gasteiger partial charge in [-0.25, -0.2) is 0 Å². The van der Waals surface area contributed by atoms with Gasteiger partial charge >= 0.3 is 0 Å². The Kier molecular flexibility index (Phi) is 5.66. The van der Waals surface area contributed by atoms with Gasteiger partial charge in [-0.3, -0.25) is 19.1 Å². The van der Waals surface area contributed by atoms with Crippen LogP contribution in [0.2, 0.25) is 0 Å². The van der Waals surface area contributed by atoms with Crippen LogP contribution in [0.4, 0.5) is 17.2 Å². The Hall–Kier alpha value is -4.13. The van der Waals surface area contributed by atoms with Gasteiger partial charge in [0.05, 0.1) is 29.3 Å². The van der Waals surface area contributed by atoms with Crippen LogP contribution >= 0.6 is 0 Å². The van der Waals surface area contributed by atoms with Gasteiger partial charge < -0.3 is 15.5 Å². The van der Waals surface area contributed by atoms with E-state index in [4.69, 9.17) is 0 Å². The standard InChI is InChI=1S/C24H23N5O2/c1-28(2)23(31)16-26-20-15-25-14-19-21(30)13-22(27-17-9-5-3-6-10-17)29(24(19)20)18-11-7-4-8-12-18/h3-15,26-27H,16H2,1-2H3. The predicted molar refractivity (Wildman–Crippen MR) is 124 cm³/mol. The van der Waals surface area contributed by atoms with Crippen molar-refractivity contribution < 1.29 is 4.79 Å². The van der Waals surface area contributed by atoms with Crippen LogP contribution in [0.3, 0.4) is 0 Å². The van der Waals surface area contributed by atoms with Gasteiger partial charge in [-0.1, -0.05) is 36.4 Å². The molecule has 7 nitrogen and oxygen atoms in total. The van der Waals surface area contributed by atoms with E-state index in [-0.39, 0.29) is 17.9 Å². The molecular formula is C24H23N5O2. The average Bonchev–Trinajstić information content (AvgIpc) is 2.79. The molecule has 2 heterocycles. The summed E-state index contributed by atoms with van der Waals surface area (Å²) >= 11 is 0. The molecule has 0 saturated carbocycles. The summed E-state index contributed by atoms with van der Waals surface area (Å²) in [5, 5.41) is 6.97.